The van der Waals surface area contributed by atoms with E-state index in [1.165, 1.54) is 199 Å². The number of hydrogen-bond donors (Lipinski definition) is 3. The predicted molar refractivity (Wildman–Crippen MR) is 391 cm³/mol. The van der Waals surface area contributed by atoms with Gasteiger partial charge >= 0.3 is 39.5 Å². The van der Waals surface area contributed by atoms with Crippen LogP contribution in [0, 0.1) is 17.8 Å². The smallest absolute Gasteiger partial charge is 0.462 e. The summed E-state index contributed by atoms with van der Waals surface area (Å²) in [5.41, 5.74) is 0. The van der Waals surface area contributed by atoms with Crippen molar-refractivity contribution in [2.45, 2.75) is 414 Å². The molecule has 570 valence electrons. The number of carbonyl (C=O) groups is 4. The summed E-state index contributed by atoms with van der Waals surface area (Å²) in [5.74, 6) is 0.190. The third kappa shape index (κ3) is 66.6. The maximum absolute atomic E-state index is 13.1. The first-order valence-electron chi connectivity index (χ1n) is 40.0. The average Bonchev–Trinajstić information content (AvgIpc) is 1.23. The van der Waals surface area contributed by atoms with Gasteiger partial charge in [0.05, 0.1) is 26.4 Å². The second kappa shape index (κ2) is 67.5. The summed E-state index contributed by atoms with van der Waals surface area (Å²) < 4.78 is 68.5. The number of esters is 4. The highest BCUT2D eigenvalue weighted by Crippen LogP contribution is 2.45. The SMILES string of the molecule is CCCCCCCCCCCCCCCCCCCCCCC(=O)O[C@H](COC(=O)CCCCCCCCCCCCC(C)CC)COP(=O)(O)OC[C@@H](O)COP(=O)(O)OC[C@@H](COC(=O)CCCCCCCCC(C)CC)OC(=O)CCCCCCCCCCC(C)CC. The van der Waals surface area contributed by atoms with Crippen molar-refractivity contribution in [3.05, 3.63) is 0 Å². The molecule has 0 spiro atoms. The number of phosphoric ester groups is 2. The molecule has 0 saturated carbocycles. The van der Waals surface area contributed by atoms with Gasteiger partial charge in [-0.15, -0.1) is 0 Å². The number of phosphoric acid groups is 2. The lowest BCUT2D eigenvalue weighted by Gasteiger charge is -2.21. The molecule has 0 rings (SSSR count). The summed E-state index contributed by atoms with van der Waals surface area (Å²) in [6, 6.07) is 0. The Kier molecular flexibility index (Phi) is 66.2. The fourth-order valence-corrected chi connectivity index (χ4v) is 13.3. The van der Waals surface area contributed by atoms with E-state index >= 15 is 0 Å². The largest absolute Gasteiger partial charge is 0.472 e. The standard InChI is InChI=1S/C77H150O17P2/c1-8-12-13-14-15-16-17-18-19-20-21-22-23-24-25-26-31-37-46-53-60-76(81)93-72(64-87-74(79)58-51-44-36-30-28-27-29-34-41-48-55-68(5)9-2)66-91-95(83,84)89-62-71(78)63-90-96(85,86)92-67-73(65-88-75(80)59-52-45-40-39-43-50-57-70(7)11-4)94-77(82)61-54-47-38-33-32-35-42-49-56-69(6)10-3/h68-73,78H,8-67H2,1-7H3,(H,83,84)(H,85,86)/t68?,69?,70?,71-,72-,73-/m1/s1. The maximum Gasteiger partial charge on any atom is 0.472 e. The molecule has 0 aromatic carbocycles. The topological polar surface area (TPSA) is 237 Å². The van der Waals surface area contributed by atoms with Gasteiger partial charge in [-0.05, 0) is 43.4 Å². The van der Waals surface area contributed by atoms with Crippen LogP contribution in [0.2, 0.25) is 0 Å². The van der Waals surface area contributed by atoms with Gasteiger partial charge in [-0.1, -0.05) is 344 Å². The van der Waals surface area contributed by atoms with Crippen LogP contribution in [0.1, 0.15) is 395 Å². The van der Waals surface area contributed by atoms with E-state index in [4.69, 9.17) is 37.0 Å². The van der Waals surface area contributed by atoms with Gasteiger partial charge in [0.1, 0.15) is 19.3 Å². The minimum atomic E-state index is -4.96. The Bertz CT molecular complexity index is 1880. The second-order valence-corrected chi connectivity index (χ2v) is 31.4. The molecule has 0 aromatic heterocycles. The zero-order valence-electron chi connectivity index (χ0n) is 62.8. The Morgan fingerprint density at radius 3 is 0.740 bits per heavy atom. The first-order chi connectivity index (χ1) is 46.3. The number of carbonyl (C=O) groups excluding carboxylic acids is 4. The molecule has 0 saturated heterocycles. The van der Waals surface area contributed by atoms with E-state index in [-0.39, 0.29) is 25.7 Å². The van der Waals surface area contributed by atoms with Crippen molar-refractivity contribution >= 4 is 39.5 Å². The van der Waals surface area contributed by atoms with E-state index in [0.29, 0.717) is 25.7 Å². The van der Waals surface area contributed by atoms with E-state index in [0.717, 1.165) is 114 Å². The molecule has 0 aliphatic rings. The molecule has 5 unspecified atom stereocenters. The van der Waals surface area contributed by atoms with Crippen molar-refractivity contribution < 1.29 is 80.2 Å². The Morgan fingerprint density at radius 2 is 0.500 bits per heavy atom. The van der Waals surface area contributed by atoms with Crippen molar-refractivity contribution in [3.8, 4) is 0 Å². The van der Waals surface area contributed by atoms with Crippen LogP contribution in [-0.2, 0) is 65.4 Å². The van der Waals surface area contributed by atoms with E-state index in [1.54, 1.807) is 0 Å². The molecule has 96 heavy (non-hydrogen) atoms. The number of ether oxygens (including phenoxy) is 4. The Balaban J connectivity index is 5.24. The average molecular weight is 1410 g/mol. The molecule has 0 aliphatic heterocycles. The van der Waals surface area contributed by atoms with Crippen molar-refractivity contribution in [2.24, 2.45) is 17.8 Å². The summed E-state index contributed by atoms with van der Waals surface area (Å²) in [4.78, 5) is 72.8. The van der Waals surface area contributed by atoms with Crippen LogP contribution >= 0.6 is 15.6 Å². The summed E-state index contributed by atoms with van der Waals surface area (Å²) in [7, 11) is -9.91. The predicted octanol–water partition coefficient (Wildman–Crippen LogP) is 22.6. The first kappa shape index (κ1) is 94.1. The van der Waals surface area contributed by atoms with Crippen LogP contribution in [0.4, 0.5) is 0 Å². The van der Waals surface area contributed by atoms with E-state index < -0.39 is 97.5 Å². The fraction of sp³-hybridized carbons (Fsp3) is 0.948. The summed E-state index contributed by atoms with van der Waals surface area (Å²) >= 11 is 0. The molecule has 0 fully saturated rings. The van der Waals surface area contributed by atoms with Crippen molar-refractivity contribution in [1.82, 2.24) is 0 Å². The quantitative estimate of drug-likeness (QED) is 0.0222. The normalized spacial score (nSPS) is 14.9. The van der Waals surface area contributed by atoms with E-state index in [9.17, 15) is 43.2 Å². The van der Waals surface area contributed by atoms with Gasteiger partial charge in [0.25, 0.3) is 0 Å². The highest BCUT2D eigenvalue weighted by molar-refractivity contribution is 7.47. The third-order valence-electron chi connectivity index (χ3n) is 19.0. The van der Waals surface area contributed by atoms with Gasteiger partial charge < -0.3 is 33.8 Å². The van der Waals surface area contributed by atoms with Gasteiger partial charge in [-0.2, -0.15) is 0 Å². The molecule has 0 amide bonds. The van der Waals surface area contributed by atoms with Crippen LogP contribution in [-0.4, -0.2) is 96.7 Å². The molecule has 0 aliphatic carbocycles. The lowest BCUT2D eigenvalue weighted by atomic mass is 9.99. The van der Waals surface area contributed by atoms with E-state index in [1.807, 2.05) is 0 Å². The van der Waals surface area contributed by atoms with Crippen LogP contribution in [0.5, 0.6) is 0 Å². The number of aliphatic hydroxyl groups is 1. The van der Waals surface area contributed by atoms with Crippen molar-refractivity contribution in [1.29, 1.82) is 0 Å². The number of aliphatic hydroxyl groups excluding tert-OH is 1. The monoisotopic (exact) mass is 1410 g/mol. The number of unbranched alkanes of at least 4 members (excludes halogenated alkanes) is 40. The van der Waals surface area contributed by atoms with Crippen molar-refractivity contribution in [3.63, 3.8) is 0 Å². The summed E-state index contributed by atoms with van der Waals surface area (Å²) in [5, 5.41) is 10.6. The summed E-state index contributed by atoms with van der Waals surface area (Å²) in [6.45, 7) is 11.9. The highest BCUT2D eigenvalue weighted by atomic mass is 31.2. The molecule has 0 bridgehead atoms. The highest BCUT2D eigenvalue weighted by Gasteiger charge is 2.30. The molecule has 8 atom stereocenters. The zero-order chi connectivity index (χ0) is 70.9. The third-order valence-corrected chi connectivity index (χ3v) is 20.9. The van der Waals surface area contributed by atoms with Crippen LogP contribution in [0.3, 0.4) is 0 Å². The second-order valence-electron chi connectivity index (χ2n) is 28.5. The molecule has 0 radical (unpaired) electrons. The fourth-order valence-electron chi connectivity index (χ4n) is 11.7. The van der Waals surface area contributed by atoms with Gasteiger partial charge in [-0.25, -0.2) is 9.13 Å². The maximum atomic E-state index is 13.1. The lowest BCUT2D eigenvalue weighted by Crippen LogP contribution is -2.30. The lowest BCUT2D eigenvalue weighted by molar-refractivity contribution is -0.161. The Morgan fingerprint density at radius 1 is 0.292 bits per heavy atom. The van der Waals surface area contributed by atoms with Gasteiger partial charge in [-0.3, -0.25) is 37.3 Å². The number of rotatable bonds is 75. The van der Waals surface area contributed by atoms with Gasteiger partial charge in [0.2, 0.25) is 0 Å². The van der Waals surface area contributed by atoms with Crippen LogP contribution in [0.25, 0.3) is 0 Å². The number of hydrogen-bond acceptors (Lipinski definition) is 15. The zero-order valence-corrected chi connectivity index (χ0v) is 64.6. The Hall–Kier alpha value is -1.94. The van der Waals surface area contributed by atoms with Crippen LogP contribution in [0.15, 0.2) is 0 Å². The Labute approximate surface area is 588 Å². The van der Waals surface area contributed by atoms with Gasteiger partial charge in [0.15, 0.2) is 12.2 Å². The first-order valence-corrected chi connectivity index (χ1v) is 43.0. The molecular weight excluding hydrogens is 1260 g/mol. The minimum Gasteiger partial charge on any atom is -0.462 e. The molecule has 0 aromatic rings. The molecule has 0 heterocycles. The molecule has 19 heteroatoms. The van der Waals surface area contributed by atoms with Crippen LogP contribution < -0.4 is 0 Å². The minimum absolute atomic E-state index is 0.104. The molecule has 17 nitrogen and oxygen atoms in total. The molecule has 3 N–H and O–H groups in total. The molecular formula is C77H150O17P2. The van der Waals surface area contributed by atoms with Gasteiger partial charge in [0, 0.05) is 25.7 Å². The van der Waals surface area contributed by atoms with Crippen molar-refractivity contribution in [2.75, 3.05) is 39.6 Å². The van der Waals surface area contributed by atoms with E-state index in [2.05, 4.69) is 48.5 Å². The summed E-state index contributed by atoms with van der Waals surface area (Å²) in [6.07, 6.45) is 54.1.